The van der Waals surface area contributed by atoms with Crippen LogP contribution in [0.25, 0.3) is 0 Å². The smallest absolute Gasteiger partial charge is 0.347 e. The predicted molar refractivity (Wildman–Crippen MR) is 83.2 cm³/mol. The van der Waals surface area contributed by atoms with Crippen molar-refractivity contribution in [3.05, 3.63) is 48.5 Å². The average Bonchev–Trinajstić information content (AvgIpc) is 2.98. The molecule has 2 aromatic rings. The van der Waals surface area contributed by atoms with E-state index in [1.807, 2.05) is 35.0 Å². The number of imidazole rings is 1. The molecule has 1 unspecified atom stereocenters. The number of rotatable bonds is 6. The number of esters is 1. The topological polar surface area (TPSA) is 61.4 Å². The number of nitrogens with zero attached hydrogens (tertiary/aromatic N) is 2. The number of carbonyl (C=O) groups is 2. The van der Waals surface area contributed by atoms with E-state index >= 15 is 0 Å². The van der Waals surface area contributed by atoms with Crippen LogP contribution in [0.2, 0.25) is 0 Å². The second-order valence-electron chi connectivity index (χ2n) is 5.17. The van der Waals surface area contributed by atoms with Gasteiger partial charge in [0, 0.05) is 6.92 Å². The Balaban J connectivity index is 0.00000288. The van der Waals surface area contributed by atoms with Crippen LogP contribution in [0.4, 0.5) is 0 Å². The molecule has 0 aliphatic heterocycles. The number of carbonyl (C=O) groups excluding carboxylic acids is 2. The van der Waals surface area contributed by atoms with Gasteiger partial charge < -0.3 is 26.5 Å². The minimum absolute atomic E-state index is 0. The van der Waals surface area contributed by atoms with E-state index in [0.29, 0.717) is 18.9 Å². The summed E-state index contributed by atoms with van der Waals surface area (Å²) in [4.78, 5) is 22.8. The molecule has 1 aromatic heterocycles. The van der Waals surface area contributed by atoms with Crippen molar-refractivity contribution in [3.63, 3.8) is 0 Å². The van der Waals surface area contributed by atoms with Gasteiger partial charge in [0.1, 0.15) is 24.7 Å². The summed E-state index contributed by atoms with van der Waals surface area (Å²) < 4.78 is 13.9. The van der Waals surface area contributed by atoms with Crippen LogP contribution in [-0.2, 0) is 16.1 Å². The minimum atomic E-state index is -0.639. The fourth-order valence-electron chi connectivity index (χ4n) is 2.07. The molecule has 0 saturated heterocycles. The van der Waals surface area contributed by atoms with Crippen molar-refractivity contribution in [1.82, 2.24) is 4.57 Å². The van der Waals surface area contributed by atoms with Crippen LogP contribution < -0.4 is 26.3 Å². The number of halogens is 1. The molecule has 0 aliphatic carbocycles. The molecule has 24 heavy (non-hydrogen) atoms. The van der Waals surface area contributed by atoms with Gasteiger partial charge in [-0.15, -0.1) is 0 Å². The van der Waals surface area contributed by atoms with Crippen LogP contribution in [-0.4, -0.2) is 29.2 Å². The highest BCUT2D eigenvalue weighted by Gasteiger charge is 2.15. The number of aromatic nitrogens is 2. The number of hydrogen-bond donors (Lipinski definition) is 0. The molecule has 0 amide bonds. The molecule has 6 nitrogen and oxygen atoms in total. The Morgan fingerprint density at radius 3 is 2.46 bits per heavy atom. The highest BCUT2D eigenvalue weighted by molar-refractivity contribution is 5.74. The van der Waals surface area contributed by atoms with E-state index in [0.717, 1.165) is 5.56 Å². The maximum Gasteiger partial charge on any atom is 0.347 e. The van der Waals surface area contributed by atoms with E-state index < -0.39 is 6.10 Å². The monoisotopic (exact) mass is 396 g/mol. The Labute approximate surface area is 151 Å². The lowest BCUT2D eigenvalue weighted by Gasteiger charge is -2.13. The van der Waals surface area contributed by atoms with Gasteiger partial charge in [-0.05, 0) is 31.5 Å². The van der Waals surface area contributed by atoms with Gasteiger partial charge in [0.25, 0.3) is 6.33 Å². The zero-order valence-corrected chi connectivity index (χ0v) is 15.5. The lowest BCUT2D eigenvalue weighted by molar-refractivity contribution is -0.572. The molecule has 0 radical (unpaired) electrons. The molecular weight excluding hydrogens is 376 g/mol. The standard InChI is InChI=1S/C17H21N2O4.BrH/c1-4-22-17(21)13(2)23-16-7-5-15(6-8-16)11-18-9-10-19(12-18)14(3)20;/h5-10,12-13H,4,11H2,1-3H3;1H/q+1;/p-1. The quantitative estimate of drug-likeness (QED) is 0.455. The van der Waals surface area contributed by atoms with E-state index in [2.05, 4.69) is 0 Å². The SMILES string of the molecule is CCOC(=O)C(C)Oc1ccc(Cn2cc[n+](C(C)=O)c2)cc1.[Br-]. The maximum absolute atomic E-state index is 11.5. The maximum atomic E-state index is 11.5. The molecular formula is C17H21BrN2O4. The summed E-state index contributed by atoms with van der Waals surface area (Å²) in [5.41, 5.74) is 1.06. The van der Waals surface area contributed by atoms with Crippen LogP contribution >= 0.6 is 0 Å². The van der Waals surface area contributed by atoms with Crippen molar-refractivity contribution in [2.75, 3.05) is 6.61 Å². The largest absolute Gasteiger partial charge is 1.00 e. The zero-order valence-electron chi connectivity index (χ0n) is 13.9. The van der Waals surface area contributed by atoms with Gasteiger partial charge in [0.05, 0.1) is 6.61 Å². The molecule has 0 N–H and O–H groups in total. The van der Waals surface area contributed by atoms with Crippen molar-refractivity contribution in [2.24, 2.45) is 0 Å². The van der Waals surface area contributed by atoms with E-state index in [-0.39, 0.29) is 28.9 Å². The molecule has 1 heterocycles. The molecule has 1 atom stereocenters. The summed E-state index contributed by atoms with van der Waals surface area (Å²) in [5.74, 6) is 0.207. The van der Waals surface area contributed by atoms with Crippen molar-refractivity contribution in [3.8, 4) is 5.75 Å². The molecule has 0 fully saturated rings. The van der Waals surface area contributed by atoms with Gasteiger partial charge in [0.2, 0.25) is 0 Å². The number of benzene rings is 1. The van der Waals surface area contributed by atoms with E-state index in [9.17, 15) is 9.59 Å². The Kier molecular flexibility index (Phi) is 7.64. The first-order valence-electron chi connectivity index (χ1n) is 7.49. The second kappa shape index (κ2) is 9.22. The molecule has 1 aromatic carbocycles. The van der Waals surface area contributed by atoms with Gasteiger partial charge in [0.15, 0.2) is 6.10 Å². The van der Waals surface area contributed by atoms with Gasteiger partial charge in [-0.1, -0.05) is 12.1 Å². The Morgan fingerprint density at radius 2 is 1.92 bits per heavy atom. The summed E-state index contributed by atoms with van der Waals surface area (Å²) in [7, 11) is 0. The summed E-state index contributed by atoms with van der Waals surface area (Å²) in [5, 5.41) is 0. The first kappa shape index (κ1) is 19.9. The lowest BCUT2D eigenvalue weighted by Crippen LogP contribution is -3.00. The highest BCUT2D eigenvalue weighted by Crippen LogP contribution is 2.15. The molecule has 0 spiro atoms. The van der Waals surface area contributed by atoms with E-state index in [1.54, 1.807) is 26.4 Å². The average molecular weight is 397 g/mol. The fourth-order valence-corrected chi connectivity index (χ4v) is 2.07. The van der Waals surface area contributed by atoms with Gasteiger partial charge in [-0.3, -0.25) is 0 Å². The molecule has 2 rings (SSSR count). The van der Waals surface area contributed by atoms with Gasteiger partial charge in [-0.25, -0.2) is 14.2 Å². The molecule has 0 aliphatic rings. The van der Waals surface area contributed by atoms with Crippen LogP contribution in [0.1, 0.15) is 31.1 Å². The summed E-state index contributed by atoms with van der Waals surface area (Å²) in [6.45, 7) is 5.92. The molecule has 0 saturated carbocycles. The Morgan fingerprint density at radius 1 is 1.25 bits per heavy atom. The third kappa shape index (κ3) is 5.49. The first-order chi connectivity index (χ1) is 11.0. The molecule has 0 bridgehead atoms. The van der Waals surface area contributed by atoms with Crippen molar-refractivity contribution >= 4 is 11.9 Å². The number of hydrogen-bond acceptors (Lipinski definition) is 4. The Bertz CT molecular complexity index is 682. The third-order valence-electron chi connectivity index (χ3n) is 3.27. The molecule has 7 heteroatoms. The zero-order chi connectivity index (χ0) is 16.8. The van der Waals surface area contributed by atoms with E-state index in [4.69, 9.17) is 9.47 Å². The Hall–Kier alpha value is -2.15. The van der Waals surface area contributed by atoms with Crippen LogP contribution in [0.5, 0.6) is 5.75 Å². The van der Waals surface area contributed by atoms with Gasteiger partial charge >= 0.3 is 11.9 Å². The second-order valence-corrected chi connectivity index (χ2v) is 5.17. The minimum Gasteiger partial charge on any atom is -1.00 e. The normalized spacial score (nSPS) is 11.3. The summed E-state index contributed by atoms with van der Waals surface area (Å²) in [6, 6.07) is 7.47. The lowest BCUT2D eigenvalue weighted by atomic mass is 10.2. The van der Waals surface area contributed by atoms with Crippen LogP contribution in [0.3, 0.4) is 0 Å². The first-order valence-corrected chi connectivity index (χ1v) is 7.49. The van der Waals surface area contributed by atoms with Crippen molar-refractivity contribution in [2.45, 2.75) is 33.4 Å². The van der Waals surface area contributed by atoms with Crippen LogP contribution in [0.15, 0.2) is 43.0 Å². The van der Waals surface area contributed by atoms with Gasteiger partial charge in [-0.2, -0.15) is 4.57 Å². The van der Waals surface area contributed by atoms with E-state index in [1.165, 1.54) is 11.5 Å². The third-order valence-corrected chi connectivity index (χ3v) is 3.27. The number of ether oxygens (including phenoxy) is 2. The van der Waals surface area contributed by atoms with Crippen LogP contribution in [0, 0.1) is 0 Å². The molecule has 130 valence electrons. The fraction of sp³-hybridized carbons (Fsp3) is 0.353. The van der Waals surface area contributed by atoms with Crippen molar-refractivity contribution in [1.29, 1.82) is 0 Å². The highest BCUT2D eigenvalue weighted by atomic mass is 79.9. The van der Waals surface area contributed by atoms with Crippen molar-refractivity contribution < 1.29 is 40.6 Å². The predicted octanol–water partition coefficient (Wildman–Crippen LogP) is -1.18. The summed E-state index contributed by atoms with van der Waals surface area (Å²) in [6.07, 6.45) is 4.67. The summed E-state index contributed by atoms with van der Waals surface area (Å²) >= 11 is 0.